The van der Waals surface area contributed by atoms with Gasteiger partial charge in [0.05, 0.1) is 11.6 Å². The third-order valence-electron chi connectivity index (χ3n) is 5.09. The summed E-state index contributed by atoms with van der Waals surface area (Å²) in [6, 6.07) is 1.51. The zero-order chi connectivity index (χ0) is 23.8. The van der Waals surface area contributed by atoms with Crippen LogP contribution in [0.2, 0.25) is 0 Å². The molecular weight excluding hydrogens is 439 g/mol. The van der Waals surface area contributed by atoms with Crippen LogP contribution < -0.4 is 11.1 Å². The lowest BCUT2D eigenvalue weighted by atomic mass is 9.91. The minimum atomic E-state index is -1.78. The quantitative estimate of drug-likeness (QED) is 0.253. The van der Waals surface area contributed by atoms with Crippen LogP contribution >= 0.6 is 11.8 Å². The van der Waals surface area contributed by atoms with Crippen molar-refractivity contribution in [3.63, 3.8) is 0 Å². The van der Waals surface area contributed by atoms with E-state index in [1.807, 2.05) is 13.8 Å². The molecule has 0 saturated heterocycles. The third kappa shape index (κ3) is 6.96. The van der Waals surface area contributed by atoms with Crippen molar-refractivity contribution in [2.45, 2.75) is 39.3 Å². The highest BCUT2D eigenvalue weighted by Gasteiger charge is 2.29. The van der Waals surface area contributed by atoms with E-state index in [0.717, 1.165) is 34.7 Å². The van der Waals surface area contributed by atoms with Gasteiger partial charge in [-0.3, -0.25) is 10.2 Å². The summed E-state index contributed by atoms with van der Waals surface area (Å²) in [6.45, 7) is 4.32. The fraction of sp³-hybridized carbons (Fsp3) is 0.409. The Morgan fingerprint density at radius 3 is 2.69 bits per heavy atom. The maximum Gasteiger partial charge on any atom is 0.267 e. The van der Waals surface area contributed by atoms with Crippen molar-refractivity contribution in [3.8, 4) is 0 Å². The number of thioether (sulfide) groups is 1. The number of carbonyl (C=O) groups excluding carboxylic acids is 1. The van der Waals surface area contributed by atoms with Crippen molar-refractivity contribution < 1.29 is 18.0 Å². The molecule has 6 N–H and O–H groups in total. The third-order valence-corrected chi connectivity index (χ3v) is 6.28. The summed E-state index contributed by atoms with van der Waals surface area (Å²) in [5.41, 5.74) is 7.32. The van der Waals surface area contributed by atoms with Crippen molar-refractivity contribution in [1.82, 2.24) is 10.3 Å². The molecule has 0 saturated carbocycles. The first kappa shape index (κ1) is 25.7. The van der Waals surface area contributed by atoms with Gasteiger partial charge in [-0.15, -0.1) is 0 Å². The smallest absolute Gasteiger partial charge is 0.267 e. The van der Waals surface area contributed by atoms with Gasteiger partial charge in [-0.25, -0.2) is 13.2 Å². The molecule has 6 nitrogen and oxygen atoms in total. The maximum atomic E-state index is 14.0. The van der Waals surface area contributed by atoms with E-state index in [-0.39, 0.29) is 36.0 Å². The van der Waals surface area contributed by atoms with E-state index in [2.05, 4.69) is 10.3 Å². The molecule has 0 aromatic carbocycles. The van der Waals surface area contributed by atoms with Crippen LogP contribution in [0.4, 0.5) is 13.2 Å². The highest BCUT2D eigenvalue weighted by Crippen LogP contribution is 2.31. The number of nitrogens with two attached hydrogens (primary N) is 1. The summed E-state index contributed by atoms with van der Waals surface area (Å²) in [4.78, 5) is 16.1. The molecule has 2 rings (SSSR count). The van der Waals surface area contributed by atoms with Gasteiger partial charge in [0.1, 0.15) is 28.6 Å². The van der Waals surface area contributed by atoms with Gasteiger partial charge in [0.25, 0.3) is 5.91 Å². The monoisotopic (exact) mass is 467 g/mol. The second-order valence-electron chi connectivity index (χ2n) is 7.45. The summed E-state index contributed by atoms with van der Waals surface area (Å²) in [7, 11) is 0. The van der Waals surface area contributed by atoms with Gasteiger partial charge in [0.2, 0.25) is 0 Å². The zero-order valence-corrected chi connectivity index (χ0v) is 18.8. The van der Waals surface area contributed by atoms with Crippen molar-refractivity contribution in [1.29, 1.82) is 10.8 Å². The molecule has 174 valence electrons. The number of alkyl halides is 1. The molecule has 0 radical (unpaired) electrons. The van der Waals surface area contributed by atoms with Gasteiger partial charge < -0.3 is 21.4 Å². The summed E-state index contributed by atoms with van der Waals surface area (Å²) in [5.74, 6) is -3.34. The Balaban J connectivity index is 2.00. The van der Waals surface area contributed by atoms with E-state index in [1.54, 1.807) is 0 Å². The summed E-state index contributed by atoms with van der Waals surface area (Å²) < 4.78 is 41.0. The van der Waals surface area contributed by atoms with Gasteiger partial charge in [-0.1, -0.05) is 24.3 Å². The van der Waals surface area contributed by atoms with Crippen molar-refractivity contribution in [2.75, 3.05) is 13.1 Å². The highest BCUT2D eigenvalue weighted by atomic mass is 32.2. The number of carbonyl (C=O) groups is 1. The minimum Gasteiger partial charge on any atom is -0.357 e. The number of allylic oxidation sites excluding steroid dienone is 5. The number of amides is 1. The number of H-pyrrole nitrogens is 1. The Hall–Kier alpha value is -2.59. The SMILES string of the molecule is CCC(C)=C(CNC(=O)c1cc(CC2C(F)=CC(F)=CC2F)c[nH]1)SC(=N)C(=N)CCN. The molecule has 0 fully saturated rings. The summed E-state index contributed by atoms with van der Waals surface area (Å²) in [6.07, 6.45) is 2.14. The number of rotatable bonds is 10. The fourth-order valence-corrected chi connectivity index (χ4v) is 3.96. The first-order chi connectivity index (χ1) is 15.2. The lowest BCUT2D eigenvalue weighted by Gasteiger charge is -2.19. The molecule has 1 aromatic rings. The van der Waals surface area contributed by atoms with Crippen LogP contribution in [0.1, 0.15) is 42.7 Å². The van der Waals surface area contributed by atoms with E-state index in [1.165, 1.54) is 12.3 Å². The largest absolute Gasteiger partial charge is 0.357 e. The molecule has 0 bridgehead atoms. The average Bonchev–Trinajstić information content (AvgIpc) is 3.21. The number of aromatic amines is 1. The molecule has 1 aromatic heterocycles. The van der Waals surface area contributed by atoms with Crippen LogP contribution in [-0.2, 0) is 6.42 Å². The summed E-state index contributed by atoms with van der Waals surface area (Å²) >= 11 is 1.12. The van der Waals surface area contributed by atoms with Crippen LogP contribution in [0.15, 0.2) is 46.5 Å². The Kier molecular flexibility index (Phi) is 9.52. The Morgan fingerprint density at radius 1 is 1.34 bits per heavy atom. The summed E-state index contributed by atoms with van der Waals surface area (Å²) in [5, 5.41) is 18.8. The molecule has 1 heterocycles. The van der Waals surface area contributed by atoms with Gasteiger partial charge >= 0.3 is 0 Å². The van der Waals surface area contributed by atoms with Crippen LogP contribution in [0.25, 0.3) is 0 Å². The first-order valence-electron chi connectivity index (χ1n) is 10.2. The highest BCUT2D eigenvalue weighted by molar-refractivity contribution is 8.18. The predicted molar refractivity (Wildman–Crippen MR) is 123 cm³/mol. The number of aromatic nitrogens is 1. The number of halogens is 3. The molecule has 0 aliphatic heterocycles. The first-order valence-corrected chi connectivity index (χ1v) is 11.0. The molecule has 1 aliphatic carbocycles. The molecule has 32 heavy (non-hydrogen) atoms. The molecule has 0 spiro atoms. The molecule has 2 unspecified atom stereocenters. The molecular formula is C22H28F3N5OS. The molecule has 1 amide bonds. The zero-order valence-electron chi connectivity index (χ0n) is 18.0. The van der Waals surface area contributed by atoms with Crippen molar-refractivity contribution >= 4 is 28.4 Å². The van der Waals surface area contributed by atoms with E-state index >= 15 is 0 Å². The van der Waals surface area contributed by atoms with E-state index in [0.29, 0.717) is 18.1 Å². The molecule has 2 atom stereocenters. The van der Waals surface area contributed by atoms with Crippen LogP contribution in [0.3, 0.4) is 0 Å². The van der Waals surface area contributed by atoms with Crippen molar-refractivity contribution in [2.24, 2.45) is 11.7 Å². The Morgan fingerprint density at radius 2 is 2.06 bits per heavy atom. The second kappa shape index (κ2) is 11.9. The number of nitrogens with one attached hydrogen (secondary N) is 4. The topological polar surface area (TPSA) is 119 Å². The van der Waals surface area contributed by atoms with E-state index in [4.69, 9.17) is 16.6 Å². The number of hydrogen-bond donors (Lipinski definition) is 5. The normalized spacial score (nSPS) is 19.1. The van der Waals surface area contributed by atoms with Gasteiger partial charge in [-0.2, -0.15) is 0 Å². The van der Waals surface area contributed by atoms with E-state index < -0.39 is 29.7 Å². The van der Waals surface area contributed by atoms with Crippen LogP contribution in [0, 0.1) is 16.7 Å². The van der Waals surface area contributed by atoms with Crippen LogP contribution in [-0.4, -0.2) is 40.9 Å². The minimum absolute atomic E-state index is 0.0204. The Labute approximate surface area is 189 Å². The standard InChI is InChI=1S/C22H28F3N5OS/c1-3-12(2)20(32-21(28)18(27)4-5-26)11-30-22(31)19-7-13(10-29-19)6-15-16(24)8-14(23)9-17(15)25/h7-10,15-16,27-29H,3-6,11,26H2,1-2H3,(H,30,31). The van der Waals surface area contributed by atoms with Gasteiger partial charge in [0, 0.05) is 30.1 Å². The molecule has 1 aliphatic rings. The van der Waals surface area contributed by atoms with Crippen LogP contribution in [0.5, 0.6) is 0 Å². The fourth-order valence-electron chi connectivity index (χ4n) is 3.03. The lowest BCUT2D eigenvalue weighted by molar-refractivity contribution is 0.0953. The lowest BCUT2D eigenvalue weighted by Crippen LogP contribution is -2.26. The average molecular weight is 468 g/mol. The van der Waals surface area contributed by atoms with Gasteiger partial charge in [0.15, 0.2) is 0 Å². The van der Waals surface area contributed by atoms with Gasteiger partial charge in [-0.05, 0) is 44.0 Å². The Bertz CT molecular complexity index is 967. The van der Waals surface area contributed by atoms with Crippen molar-refractivity contribution in [3.05, 3.63) is 57.8 Å². The number of hydrogen-bond acceptors (Lipinski definition) is 5. The maximum absolute atomic E-state index is 14.0. The second-order valence-corrected chi connectivity index (χ2v) is 8.55. The predicted octanol–water partition coefficient (Wildman–Crippen LogP) is 4.72. The van der Waals surface area contributed by atoms with E-state index in [9.17, 15) is 18.0 Å². The molecule has 10 heteroatoms.